The number of hydrogen-bond acceptors (Lipinski definition) is 4. The first-order valence-corrected chi connectivity index (χ1v) is 2.91. The largest absolute Gasteiger partial charge is 0.542 e. The molecule has 11 heavy (non-hydrogen) atoms. The normalized spacial score (nSPS) is 9.45. The number of imidazole rings is 1. The lowest BCUT2D eigenvalue weighted by atomic mass is 10.2. The van der Waals surface area contributed by atoms with Gasteiger partial charge >= 0.3 is 0 Å². The molecule has 0 radical (unpaired) electrons. The number of aliphatic carboxylic acids is 1. The number of nitrogens with zero attached hydrogens (tertiary/aromatic N) is 1. The van der Waals surface area contributed by atoms with Crippen LogP contribution in [0, 0.1) is 0 Å². The summed E-state index contributed by atoms with van der Waals surface area (Å²) >= 11 is 0. The Morgan fingerprint density at radius 3 is 2.82 bits per heavy atom. The number of rotatable bonds is 3. The maximum atomic E-state index is 10.5. The Morgan fingerprint density at radius 2 is 2.36 bits per heavy atom. The van der Waals surface area contributed by atoms with Crippen LogP contribution >= 0.6 is 0 Å². The van der Waals surface area contributed by atoms with Gasteiger partial charge < -0.3 is 14.9 Å². The highest BCUT2D eigenvalue weighted by molar-refractivity contribution is 6.32. The highest BCUT2D eigenvalue weighted by Gasteiger charge is 2.04. The van der Waals surface area contributed by atoms with Gasteiger partial charge in [0.15, 0.2) is 5.78 Å². The second kappa shape index (κ2) is 2.96. The highest BCUT2D eigenvalue weighted by atomic mass is 16.4. The van der Waals surface area contributed by atoms with Gasteiger partial charge in [-0.1, -0.05) is 0 Å². The van der Waals surface area contributed by atoms with Gasteiger partial charge in [-0.2, -0.15) is 0 Å². The van der Waals surface area contributed by atoms with Gasteiger partial charge in [0.25, 0.3) is 0 Å². The second-order valence-corrected chi connectivity index (χ2v) is 1.96. The zero-order chi connectivity index (χ0) is 8.27. The average molecular weight is 153 g/mol. The maximum Gasteiger partial charge on any atom is 0.184 e. The smallest absolute Gasteiger partial charge is 0.184 e. The van der Waals surface area contributed by atoms with Crippen LogP contribution in [-0.4, -0.2) is 21.7 Å². The van der Waals surface area contributed by atoms with Crippen LogP contribution in [0.5, 0.6) is 0 Å². The van der Waals surface area contributed by atoms with E-state index in [0.29, 0.717) is 5.69 Å². The van der Waals surface area contributed by atoms with Crippen LogP contribution in [0.15, 0.2) is 12.5 Å². The Bertz CT molecular complexity index is 265. The molecule has 0 amide bonds. The van der Waals surface area contributed by atoms with E-state index in [9.17, 15) is 14.7 Å². The number of aromatic amines is 1. The molecule has 0 spiro atoms. The van der Waals surface area contributed by atoms with E-state index < -0.39 is 11.8 Å². The molecule has 0 aliphatic heterocycles. The third-order valence-electron chi connectivity index (χ3n) is 1.13. The quantitative estimate of drug-likeness (QED) is 0.523. The van der Waals surface area contributed by atoms with Crippen molar-refractivity contribution < 1.29 is 14.7 Å². The van der Waals surface area contributed by atoms with Gasteiger partial charge in [0.05, 0.1) is 12.7 Å². The Hall–Kier alpha value is -1.65. The molecule has 0 aromatic carbocycles. The first-order valence-electron chi connectivity index (χ1n) is 2.91. The molecule has 58 valence electrons. The molecule has 0 bridgehead atoms. The summed E-state index contributed by atoms with van der Waals surface area (Å²) in [5.41, 5.74) is 0.471. The van der Waals surface area contributed by atoms with Crippen LogP contribution in [0.2, 0.25) is 0 Å². The van der Waals surface area contributed by atoms with Crippen molar-refractivity contribution in [1.29, 1.82) is 0 Å². The van der Waals surface area contributed by atoms with E-state index >= 15 is 0 Å². The minimum atomic E-state index is -1.67. The lowest BCUT2D eigenvalue weighted by molar-refractivity contribution is -0.299. The highest BCUT2D eigenvalue weighted by Crippen LogP contribution is 1.92. The number of carbonyl (C=O) groups is 2. The van der Waals surface area contributed by atoms with Gasteiger partial charge in [0.1, 0.15) is 5.97 Å². The minimum absolute atomic E-state index is 0.192. The predicted octanol–water partition coefficient (Wildman–Crippen LogP) is -1.73. The van der Waals surface area contributed by atoms with E-state index in [1.807, 2.05) is 0 Å². The monoisotopic (exact) mass is 153 g/mol. The predicted molar refractivity (Wildman–Crippen MR) is 32.3 cm³/mol. The number of ketones is 1. The van der Waals surface area contributed by atoms with Gasteiger partial charge in [-0.3, -0.25) is 4.79 Å². The summed E-state index contributed by atoms with van der Waals surface area (Å²) in [6, 6.07) is 0. The number of Topliss-reactive ketones (excluding diaryl/α,β-unsaturated/α-hetero) is 1. The molecule has 0 saturated heterocycles. The number of carboxylic acids is 1. The van der Waals surface area contributed by atoms with Gasteiger partial charge in [0, 0.05) is 11.9 Å². The molecule has 0 unspecified atom stereocenters. The summed E-state index contributed by atoms with van der Waals surface area (Å²) in [6.45, 7) is 0. The van der Waals surface area contributed by atoms with Crippen molar-refractivity contribution in [2.24, 2.45) is 0 Å². The SMILES string of the molecule is O=C([O-])C(=O)Cc1cnc[nH]1. The number of carbonyl (C=O) groups excluding carboxylic acids is 2. The van der Waals surface area contributed by atoms with Crippen molar-refractivity contribution in [2.45, 2.75) is 6.42 Å². The lowest BCUT2D eigenvalue weighted by Gasteiger charge is -1.96. The molecule has 0 atom stereocenters. The van der Waals surface area contributed by atoms with Crippen molar-refractivity contribution in [3.8, 4) is 0 Å². The summed E-state index contributed by atoms with van der Waals surface area (Å²) < 4.78 is 0. The van der Waals surface area contributed by atoms with Crippen molar-refractivity contribution in [3.63, 3.8) is 0 Å². The van der Waals surface area contributed by atoms with Crippen molar-refractivity contribution in [2.75, 3.05) is 0 Å². The molecular weight excluding hydrogens is 148 g/mol. The van der Waals surface area contributed by atoms with Gasteiger partial charge in [-0.15, -0.1) is 0 Å². The summed E-state index contributed by atoms with van der Waals surface area (Å²) in [6.07, 6.45) is 2.57. The molecule has 0 aliphatic carbocycles. The third kappa shape index (κ3) is 1.89. The minimum Gasteiger partial charge on any atom is -0.542 e. The molecule has 0 aliphatic rings. The van der Waals surface area contributed by atoms with Crippen LogP contribution in [0.1, 0.15) is 5.69 Å². The molecule has 1 rings (SSSR count). The van der Waals surface area contributed by atoms with Crippen molar-refractivity contribution in [1.82, 2.24) is 9.97 Å². The zero-order valence-corrected chi connectivity index (χ0v) is 5.53. The van der Waals surface area contributed by atoms with Crippen LogP contribution in [0.3, 0.4) is 0 Å². The van der Waals surface area contributed by atoms with E-state index in [4.69, 9.17) is 0 Å². The van der Waals surface area contributed by atoms with E-state index in [2.05, 4.69) is 9.97 Å². The summed E-state index contributed by atoms with van der Waals surface area (Å²) in [4.78, 5) is 26.6. The number of H-pyrrole nitrogens is 1. The number of hydrogen-bond donors (Lipinski definition) is 1. The molecule has 5 nitrogen and oxygen atoms in total. The molecule has 1 N–H and O–H groups in total. The van der Waals surface area contributed by atoms with Crippen molar-refractivity contribution in [3.05, 3.63) is 18.2 Å². The van der Waals surface area contributed by atoms with Crippen LogP contribution < -0.4 is 5.11 Å². The van der Waals surface area contributed by atoms with Crippen LogP contribution in [0.25, 0.3) is 0 Å². The first-order chi connectivity index (χ1) is 5.20. The Balaban J connectivity index is 2.57. The number of nitrogens with one attached hydrogen (secondary N) is 1. The summed E-state index contributed by atoms with van der Waals surface area (Å²) in [5, 5.41) is 9.93. The topological polar surface area (TPSA) is 85.9 Å². The molecular formula is C6H5N2O3-. The number of aromatic nitrogens is 2. The fraction of sp³-hybridized carbons (Fsp3) is 0.167. The fourth-order valence-corrected chi connectivity index (χ4v) is 0.627. The fourth-order valence-electron chi connectivity index (χ4n) is 0.627. The molecule has 0 fully saturated rings. The van der Waals surface area contributed by atoms with Gasteiger partial charge in [-0.25, -0.2) is 4.98 Å². The van der Waals surface area contributed by atoms with E-state index in [1.54, 1.807) is 0 Å². The average Bonchev–Trinajstić information content (AvgIpc) is 2.39. The molecule has 1 aromatic rings. The molecule has 5 heteroatoms. The Morgan fingerprint density at radius 1 is 1.64 bits per heavy atom. The molecule has 1 heterocycles. The second-order valence-electron chi connectivity index (χ2n) is 1.96. The lowest BCUT2D eigenvalue weighted by Crippen LogP contribution is -2.32. The van der Waals surface area contributed by atoms with Crippen LogP contribution in [-0.2, 0) is 16.0 Å². The Labute approximate surface area is 62.1 Å². The molecule has 1 aromatic heterocycles. The first kappa shape index (κ1) is 7.46. The summed E-state index contributed by atoms with van der Waals surface area (Å²) in [7, 11) is 0. The van der Waals surface area contributed by atoms with Crippen LogP contribution in [0.4, 0.5) is 0 Å². The number of carboxylic acid groups (broad SMARTS) is 1. The third-order valence-corrected chi connectivity index (χ3v) is 1.13. The van der Waals surface area contributed by atoms with E-state index in [0.717, 1.165) is 0 Å². The summed E-state index contributed by atoms with van der Waals surface area (Å²) in [5.74, 6) is -2.62. The Kier molecular flexibility index (Phi) is 2.00. The van der Waals surface area contributed by atoms with E-state index in [1.165, 1.54) is 12.5 Å². The maximum absolute atomic E-state index is 10.5. The molecule has 0 saturated carbocycles. The standard InChI is InChI=1S/C6H6N2O3/c9-5(6(10)11)1-4-2-7-3-8-4/h2-3H,1H2,(H,7,8)(H,10,11)/p-1. The van der Waals surface area contributed by atoms with Crippen molar-refractivity contribution >= 4 is 11.8 Å². The van der Waals surface area contributed by atoms with Gasteiger partial charge in [-0.05, 0) is 0 Å². The van der Waals surface area contributed by atoms with Gasteiger partial charge in [0.2, 0.25) is 0 Å². The zero-order valence-electron chi connectivity index (χ0n) is 5.53. The van der Waals surface area contributed by atoms with E-state index in [-0.39, 0.29) is 6.42 Å².